The number of hydrogen-bond donors (Lipinski definition) is 0. The fourth-order valence-electron chi connectivity index (χ4n) is 2.56. The number of aromatic nitrogens is 1. The van der Waals surface area contributed by atoms with Gasteiger partial charge in [0.25, 0.3) is 0 Å². The molecule has 2 rings (SSSR count). The van der Waals surface area contributed by atoms with E-state index in [4.69, 9.17) is 11.6 Å². The summed E-state index contributed by atoms with van der Waals surface area (Å²) in [5.41, 5.74) is 2.31. The maximum absolute atomic E-state index is 12.0. The summed E-state index contributed by atoms with van der Waals surface area (Å²) in [6.45, 7) is 6.24. The van der Waals surface area contributed by atoms with Crippen LogP contribution in [0.25, 0.3) is 0 Å². The molecular weight excluding hydrogens is 296 g/mol. The third-order valence-electron chi connectivity index (χ3n) is 3.67. The Kier molecular flexibility index (Phi) is 6.08. The molecule has 0 spiro atoms. The molecule has 1 heterocycles. The highest BCUT2D eigenvalue weighted by atomic mass is 35.5. The molecule has 2 aromatic rings. The third-order valence-corrected chi connectivity index (χ3v) is 3.90. The number of halogens is 1. The fraction of sp³-hybridized carbons (Fsp3) is 0.389. The molecule has 118 valence electrons. The van der Waals surface area contributed by atoms with Gasteiger partial charge in [-0.2, -0.15) is 0 Å². The van der Waals surface area contributed by atoms with Crippen LogP contribution >= 0.6 is 11.6 Å². The highest BCUT2D eigenvalue weighted by molar-refractivity contribution is 6.30. The van der Waals surface area contributed by atoms with Gasteiger partial charge in [0, 0.05) is 36.4 Å². The van der Waals surface area contributed by atoms with Crippen LogP contribution < -0.4 is 0 Å². The zero-order valence-electron chi connectivity index (χ0n) is 13.3. The quantitative estimate of drug-likeness (QED) is 0.745. The van der Waals surface area contributed by atoms with E-state index in [1.807, 2.05) is 36.1 Å². The second-order valence-corrected chi connectivity index (χ2v) is 5.86. The highest BCUT2D eigenvalue weighted by Gasteiger charge is 2.13. The van der Waals surface area contributed by atoms with E-state index in [2.05, 4.69) is 29.8 Å². The topological polar surface area (TPSA) is 25.2 Å². The van der Waals surface area contributed by atoms with E-state index in [1.165, 1.54) is 0 Å². The first-order chi connectivity index (χ1) is 10.6. The number of carbonyl (C=O) groups is 1. The smallest absolute Gasteiger partial charge is 0.222 e. The Morgan fingerprint density at radius 2 is 2.05 bits per heavy atom. The SMILES string of the molecule is CCCN(Cc1cccn1Cc1cccc(Cl)c1)C(=O)CC. The van der Waals surface area contributed by atoms with Crippen molar-refractivity contribution >= 4 is 17.5 Å². The zero-order valence-corrected chi connectivity index (χ0v) is 14.0. The van der Waals surface area contributed by atoms with Gasteiger partial charge in [0.2, 0.25) is 5.91 Å². The summed E-state index contributed by atoms with van der Waals surface area (Å²) in [5.74, 6) is 0.206. The Balaban J connectivity index is 2.13. The molecule has 1 amide bonds. The van der Waals surface area contributed by atoms with Gasteiger partial charge in [-0.25, -0.2) is 0 Å². The number of rotatable bonds is 7. The van der Waals surface area contributed by atoms with Crippen LogP contribution in [0, 0.1) is 0 Å². The van der Waals surface area contributed by atoms with Crippen LogP contribution in [-0.4, -0.2) is 21.9 Å². The second kappa shape index (κ2) is 8.04. The van der Waals surface area contributed by atoms with Crippen molar-refractivity contribution in [3.8, 4) is 0 Å². The van der Waals surface area contributed by atoms with Crippen LogP contribution in [-0.2, 0) is 17.9 Å². The van der Waals surface area contributed by atoms with Crippen LogP contribution in [0.4, 0.5) is 0 Å². The number of hydrogen-bond acceptors (Lipinski definition) is 1. The maximum atomic E-state index is 12.0. The van der Waals surface area contributed by atoms with Gasteiger partial charge in [0.15, 0.2) is 0 Å². The van der Waals surface area contributed by atoms with Crippen molar-refractivity contribution in [3.05, 3.63) is 58.9 Å². The molecule has 0 fully saturated rings. The first-order valence-corrected chi connectivity index (χ1v) is 8.18. The maximum Gasteiger partial charge on any atom is 0.222 e. The van der Waals surface area contributed by atoms with Gasteiger partial charge in [-0.15, -0.1) is 0 Å². The lowest BCUT2D eigenvalue weighted by molar-refractivity contribution is -0.131. The first-order valence-electron chi connectivity index (χ1n) is 7.80. The van der Waals surface area contributed by atoms with Crippen LogP contribution in [0.2, 0.25) is 5.02 Å². The summed E-state index contributed by atoms with van der Waals surface area (Å²) < 4.78 is 2.18. The number of benzene rings is 1. The largest absolute Gasteiger partial charge is 0.345 e. The zero-order chi connectivity index (χ0) is 15.9. The molecule has 22 heavy (non-hydrogen) atoms. The van der Waals surface area contributed by atoms with E-state index in [-0.39, 0.29) is 5.91 Å². The normalized spacial score (nSPS) is 10.7. The second-order valence-electron chi connectivity index (χ2n) is 5.43. The van der Waals surface area contributed by atoms with Gasteiger partial charge >= 0.3 is 0 Å². The summed E-state index contributed by atoms with van der Waals surface area (Å²) in [5, 5.41) is 0.750. The van der Waals surface area contributed by atoms with Gasteiger partial charge in [-0.3, -0.25) is 4.79 Å². The van der Waals surface area contributed by atoms with Crippen molar-refractivity contribution in [3.63, 3.8) is 0 Å². The van der Waals surface area contributed by atoms with E-state index in [0.29, 0.717) is 13.0 Å². The first kappa shape index (κ1) is 16.6. The standard InChI is InChI=1S/C18H23ClN2O/c1-3-10-21(18(22)4-2)14-17-9-6-11-20(17)13-15-7-5-8-16(19)12-15/h5-9,11-12H,3-4,10,13-14H2,1-2H3. The summed E-state index contributed by atoms with van der Waals surface area (Å²) in [6, 6.07) is 12.0. The van der Waals surface area contributed by atoms with Crippen molar-refractivity contribution < 1.29 is 4.79 Å². The van der Waals surface area contributed by atoms with Crippen LogP contribution in [0.1, 0.15) is 37.9 Å². The predicted octanol–water partition coefficient (Wildman–Crippen LogP) is 4.34. The molecule has 4 heteroatoms. The van der Waals surface area contributed by atoms with E-state index in [0.717, 1.165) is 35.8 Å². The summed E-state index contributed by atoms with van der Waals surface area (Å²) in [7, 11) is 0. The molecular formula is C18H23ClN2O. The number of carbonyl (C=O) groups excluding carboxylic acids is 1. The van der Waals surface area contributed by atoms with Crippen molar-refractivity contribution in [1.82, 2.24) is 9.47 Å². The lowest BCUT2D eigenvalue weighted by Crippen LogP contribution is -2.31. The number of nitrogens with zero attached hydrogens (tertiary/aromatic N) is 2. The molecule has 0 aliphatic rings. The van der Waals surface area contributed by atoms with Crippen LogP contribution in [0.5, 0.6) is 0 Å². The molecule has 3 nitrogen and oxygen atoms in total. The number of amides is 1. The van der Waals surface area contributed by atoms with E-state index in [1.54, 1.807) is 0 Å². The summed E-state index contributed by atoms with van der Waals surface area (Å²) >= 11 is 6.05. The molecule has 0 atom stereocenters. The monoisotopic (exact) mass is 318 g/mol. The summed E-state index contributed by atoms with van der Waals surface area (Å²) in [6.07, 6.45) is 3.58. The van der Waals surface area contributed by atoms with Crippen molar-refractivity contribution in [2.45, 2.75) is 39.8 Å². The molecule has 0 N–H and O–H groups in total. The molecule has 0 bridgehead atoms. The Bertz CT molecular complexity index is 621. The van der Waals surface area contributed by atoms with Gasteiger partial charge in [0.1, 0.15) is 0 Å². The van der Waals surface area contributed by atoms with E-state index in [9.17, 15) is 4.79 Å². The van der Waals surface area contributed by atoms with Crippen LogP contribution in [0.3, 0.4) is 0 Å². The molecule has 0 radical (unpaired) electrons. The van der Waals surface area contributed by atoms with Crippen molar-refractivity contribution in [2.24, 2.45) is 0 Å². The predicted molar refractivity (Wildman–Crippen MR) is 91.0 cm³/mol. The third kappa shape index (κ3) is 4.38. The van der Waals surface area contributed by atoms with E-state index >= 15 is 0 Å². The Labute approximate surface area is 137 Å². The van der Waals surface area contributed by atoms with Crippen LogP contribution in [0.15, 0.2) is 42.6 Å². The molecule has 0 saturated heterocycles. The lowest BCUT2D eigenvalue weighted by Gasteiger charge is -2.22. The Hall–Kier alpha value is -1.74. The van der Waals surface area contributed by atoms with Gasteiger partial charge in [-0.05, 0) is 36.2 Å². The molecule has 1 aromatic carbocycles. The Morgan fingerprint density at radius 1 is 1.23 bits per heavy atom. The molecule has 0 aliphatic heterocycles. The average molecular weight is 319 g/mol. The summed E-state index contributed by atoms with van der Waals surface area (Å²) in [4.78, 5) is 14.0. The van der Waals surface area contributed by atoms with Crippen molar-refractivity contribution in [1.29, 1.82) is 0 Å². The molecule has 0 unspecified atom stereocenters. The van der Waals surface area contributed by atoms with Crippen molar-refractivity contribution in [2.75, 3.05) is 6.54 Å². The van der Waals surface area contributed by atoms with Gasteiger partial charge in [0.05, 0.1) is 6.54 Å². The van der Waals surface area contributed by atoms with Gasteiger partial charge < -0.3 is 9.47 Å². The minimum atomic E-state index is 0.206. The molecule has 0 aliphatic carbocycles. The van der Waals surface area contributed by atoms with E-state index < -0.39 is 0 Å². The minimum Gasteiger partial charge on any atom is -0.345 e. The molecule has 1 aromatic heterocycles. The van der Waals surface area contributed by atoms with Gasteiger partial charge in [-0.1, -0.05) is 37.6 Å². The Morgan fingerprint density at radius 3 is 2.73 bits per heavy atom. The lowest BCUT2D eigenvalue weighted by atomic mass is 10.2. The molecule has 0 saturated carbocycles. The fourth-order valence-corrected chi connectivity index (χ4v) is 2.77. The minimum absolute atomic E-state index is 0.206. The highest BCUT2D eigenvalue weighted by Crippen LogP contribution is 2.15. The average Bonchev–Trinajstić information content (AvgIpc) is 2.93.